The van der Waals surface area contributed by atoms with Crippen molar-refractivity contribution < 1.29 is 4.39 Å². The number of rotatable bonds is 5. The lowest BCUT2D eigenvalue weighted by molar-refractivity contribution is 0.616. The van der Waals surface area contributed by atoms with Gasteiger partial charge in [-0.25, -0.2) is 4.39 Å². The standard InChI is InChI=1S/C13H17ClFN/c1-3-11(16)6-4-5-10-7-9(2)13(15)12(14)8-10/h3,7-8,11H,1,4-6,16H2,2H3/t11-/m1/s1. The quantitative estimate of drug-likeness (QED) is 0.783. The van der Waals surface area contributed by atoms with Gasteiger partial charge in [0.2, 0.25) is 0 Å². The second kappa shape index (κ2) is 6.02. The molecule has 0 heterocycles. The Balaban J connectivity index is 2.58. The molecule has 16 heavy (non-hydrogen) atoms. The molecule has 0 bridgehead atoms. The molecule has 0 fully saturated rings. The zero-order valence-electron chi connectivity index (χ0n) is 9.47. The van der Waals surface area contributed by atoms with Crippen LogP contribution < -0.4 is 5.73 Å². The van der Waals surface area contributed by atoms with Crippen LogP contribution in [0.1, 0.15) is 24.0 Å². The van der Waals surface area contributed by atoms with E-state index in [1.165, 1.54) is 0 Å². The summed E-state index contributed by atoms with van der Waals surface area (Å²) in [6.45, 7) is 5.35. The van der Waals surface area contributed by atoms with Gasteiger partial charge in [-0.2, -0.15) is 0 Å². The smallest absolute Gasteiger partial charge is 0.144 e. The van der Waals surface area contributed by atoms with Crippen LogP contribution in [0.4, 0.5) is 4.39 Å². The van der Waals surface area contributed by atoms with Gasteiger partial charge >= 0.3 is 0 Å². The van der Waals surface area contributed by atoms with Crippen molar-refractivity contribution in [2.24, 2.45) is 5.73 Å². The summed E-state index contributed by atoms with van der Waals surface area (Å²) in [7, 11) is 0. The van der Waals surface area contributed by atoms with Gasteiger partial charge in [0, 0.05) is 6.04 Å². The summed E-state index contributed by atoms with van der Waals surface area (Å²) in [4.78, 5) is 0. The molecule has 88 valence electrons. The summed E-state index contributed by atoms with van der Waals surface area (Å²) in [5.74, 6) is -0.326. The highest BCUT2D eigenvalue weighted by Crippen LogP contribution is 2.21. The Hall–Kier alpha value is -0.860. The molecule has 0 aliphatic rings. The van der Waals surface area contributed by atoms with E-state index in [1.54, 1.807) is 19.1 Å². The number of benzene rings is 1. The molecular weight excluding hydrogens is 225 g/mol. The minimum Gasteiger partial charge on any atom is -0.324 e. The fraction of sp³-hybridized carbons (Fsp3) is 0.385. The van der Waals surface area contributed by atoms with Gasteiger partial charge in [-0.05, 0) is 43.4 Å². The van der Waals surface area contributed by atoms with E-state index in [1.807, 2.05) is 6.07 Å². The number of hydrogen-bond donors (Lipinski definition) is 1. The Morgan fingerprint density at radius 3 is 2.81 bits per heavy atom. The van der Waals surface area contributed by atoms with Crippen LogP contribution in [-0.2, 0) is 6.42 Å². The van der Waals surface area contributed by atoms with Crippen molar-refractivity contribution in [1.82, 2.24) is 0 Å². The Bertz CT molecular complexity index is 353. The summed E-state index contributed by atoms with van der Waals surface area (Å²) >= 11 is 5.77. The van der Waals surface area contributed by atoms with Gasteiger partial charge in [-0.1, -0.05) is 23.7 Å². The highest BCUT2D eigenvalue weighted by Gasteiger charge is 2.06. The van der Waals surface area contributed by atoms with Crippen molar-refractivity contribution in [1.29, 1.82) is 0 Å². The summed E-state index contributed by atoms with van der Waals surface area (Å²) in [6.07, 6.45) is 4.44. The van der Waals surface area contributed by atoms with Crippen molar-refractivity contribution in [2.45, 2.75) is 32.2 Å². The summed E-state index contributed by atoms with van der Waals surface area (Å²) < 4.78 is 13.3. The normalized spacial score (nSPS) is 12.5. The van der Waals surface area contributed by atoms with Crippen molar-refractivity contribution >= 4 is 11.6 Å². The molecule has 1 aromatic carbocycles. The van der Waals surface area contributed by atoms with Crippen LogP contribution in [0.3, 0.4) is 0 Å². The minimum absolute atomic E-state index is 0.0389. The average Bonchev–Trinajstić information content (AvgIpc) is 2.25. The van der Waals surface area contributed by atoms with Gasteiger partial charge in [0.1, 0.15) is 5.82 Å². The van der Waals surface area contributed by atoms with E-state index in [2.05, 4.69) is 6.58 Å². The third-order valence-electron chi connectivity index (χ3n) is 2.58. The number of nitrogens with two attached hydrogens (primary N) is 1. The highest BCUT2D eigenvalue weighted by atomic mass is 35.5. The van der Waals surface area contributed by atoms with Gasteiger partial charge in [0.25, 0.3) is 0 Å². The van der Waals surface area contributed by atoms with E-state index in [0.717, 1.165) is 24.8 Å². The van der Waals surface area contributed by atoms with Crippen molar-refractivity contribution in [3.63, 3.8) is 0 Å². The molecule has 0 saturated carbocycles. The summed E-state index contributed by atoms with van der Waals surface area (Å²) in [5, 5.41) is 0.197. The first-order chi connectivity index (χ1) is 7.54. The second-order valence-electron chi connectivity index (χ2n) is 4.00. The largest absolute Gasteiger partial charge is 0.324 e. The van der Waals surface area contributed by atoms with Crippen LogP contribution in [0, 0.1) is 12.7 Å². The molecule has 0 saturated heterocycles. The van der Waals surface area contributed by atoms with E-state index in [0.29, 0.717) is 5.56 Å². The molecule has 1 aromatic rings. The fourth-order valence-electron chi connectivity index (χ4n) is 1.60. The van der Waals surface area contributed by atoms with Gasteiger partial charge in [-0.15, -0.1) is 6.58 Å². The number of hydrogen-bond acceptors (Lipinski definition) is 1. The third-order valence-corrected chi connectivity index (χ3v) is 2.85. The van der Waals surface area contributed by atoms with Crippen LogP contribution >= 0.6 is 11.6 Å². The zero-order chi connectivity index (χ0) is 12.1. The highest BCUT2D eigenvalue weighted by molar-refractivity contribution is 6.30. The van der Waals surface area contributed by atoms with Gasteiger partial charge in [-0.3, -0.25) is 0 Å². The summed E-state index contributed by atoms with van der Waals surface area (Å²) in [6, 6.07) is 3.56. The van der Waals surface area contributed by atoms with Crippen LogP contribution in [-0.4, -0.2) is 6.04 Å². The van der Waals surface area contributed by atoms with E-state index in [-0.39, 0.29) is 16.9 Å². The third kappa shape index (κ3) is 3.62. The molecule has 1 atom stereocenters. The molecule has 3 heteroatoms. The summed E-state index contributed by atoms with van der Waals surface area (Å²) in [5.41, 5.74) is 7.37. The lowest BCUT2D eigenvalue weighted by Gasteiger charge is -2.07. The van der Waals surface area contributed by atoms with Crippen LogP contribution in [0.2, 0.25) is 5.02 Å². The molecule has 0 spiro atoms. The number of halogens is 2. The molecular formula is C13H17ClFN. The molecule has 2 N–H and O–H groups in total. The first-order valence-corrected chi connectivity index (χ1v) is 5.75. The maximum atomic E-state index is 13.3. The number of aryl methyl sites for hydroxylation is 2. The Morgan fingerprint density at radius 2 is 2.25 bits per heavy atom. The molecule has 1 nitrogen and oxygen atoms in total. The van der Waals surface area contributed by atoms with E-state index >= 15 is 0 Å². The topological polar surface area (TPSA) is 26.0 Å². The van der Waals surface area contributed by atoms with Gasteiger partial charge in [0.05, 0.1) is 5.02 Å². The lowest BCUT2D eigenvalue weighted by Crippen LogP contribution is -2.16. The molecule has 0 aromatic heterocycles. The van der Waals surface area contributed by atoms with Crippen molar-refractivity contribution in [3.8, 4) is 0 Å². The van der Waals surface area contributed by atoms with Gasteiger partial charge < -0.3 is 5.73 Å². The molecule has 0 amide bonds. The Morgan fingerprint density at radius 1 is 1.56 bits per heavy atom. The van der Waals surface area contributed by atoms with Gasteiger partial charge in [0.15, 0.2) is 0 Å². The predicted molar refractivity (Wildman–Crippen MR) is 67.3 cm³/mol. The van der Waals surface area contributed by atoms with Crippen LogP contribution in [0.25, 0.3) is 0 Å². The van der Waals surface area contributed by atoms with E-state index < -0.39 is 0 Å². The van der Waals surface area contributed by atoms with Crippen LogP contribution in [0.5, 0.6) is 0 Å². The maximum absolute atomic E-state index is 13.3. The molecule has 0 aliphatic heterocycles. The van der Waals surface area contributed by atoms with E-state index in [4.69, 9.17) is 17.3 Å². The Labute approximate surface area is 101 Å². The van der Waals surface area contributed by atoms with E-state index in [9.17, 15) is 4.39 Å². The van der Waals surface area contributed by atoms with Crippen molar-refractivity contribution in [3.05, 3.63) is 46.8 Å². The second-order valence-corrected chi connectivity index (χ2v) is 4.41. The lowest BCUT2D eigenvalue weighted by atomic mass is 10.0. The molecule has 0 aliphatic carbocycles. The first kappa shape index (κ1) is 13.2. The average molecular weight is 242 g/mol. The molecule has 0 unspecified atom stereocenters. The van der Waals surface area contributed by atoms with Crippen molar-refractivity contribution in [2.75, 3.05) is 0 Å². The zero-order valence-corrected chi connectivity index (χ0v) is 10.2. The van der Waals surface area contributed by atoms with Crippen LogP contribution in [0.15, 0.2) is 24.8 Å². The monoisotopic (exact) mass is 241 g/mol. The fourth-order valence-corrected chi connectivity index (χ4v) is 1.89. The maximum Gasteiger partial charge on any atom is 0.144 e. The first-order valence-electron chi connectivity index (χ1n) is 5.37. The molecule has 1 rings (SSSR count). The molecule has 0 radical (unpaired) electrons. The predicted octanol–water partition coefficient (Wildman–Crippen LogP) is 3.62. The SMILES string of the molecule is C=C[C@@H](N)CCCc1cc(C)c(F)c(Cl)c1. The minimum atomic E-state index is -0.326. The Kier molecular flexibility index (Phi) is 4.97.